The van der Waals surface area contributed by atoms with Crippen molar-refractivity contribution in [2.75, 3.05) is 6.61 Å². The van der Waals surface area contributed by atoms with Crippen LogP contribution in [0.3, 0.4) is 0 Å². The summed E-state index contributed by atoms with van der Waals surface area (Å²) in [5.41, 5.74) is 8.14. The van der Waals surface area contributed by atoms with Gasteiger partial charge in [-0.3, -0.25) is 0 Å². The topological polar surface area (TPSA) is 65.5 Å². The number of hydrogen-bond acceptors (Lipinski definition) is 4. The fourth-order valence-electron chi connectivity index (χ4n) is 1.75. The van der Waals surface area contributed by atoms with E-state index in [1.165, 1.54) is 12.5 Å². The molecule has 2 N–H and O–H groups in total. The molecule has 4 heteroatoms. The van der Waals surface area contributed by atoms with E-state index in [-0.39, 0.29) is 0 Å². The monoisotopic (exact) mass is 257 g/mol. The summed E-state index contributed by atoms with van der Waals surface area (Å²) in [5.74, 6) is -0.438. The zero-order chi connectivity index (χ0) is 13.7. The lowest BCUT2D eigenvalue weighted by Gasteiger charge is -2.10. The van der Waals surface area contributed by atoms with Gasteiger partial charge in [-0.25, -0.2) is 4.79 Å². The van der Waals surface area contributed by atoms with E-state index in [0.29, 0.717) is 23.4 Å². The molecule has 98 valence electrons. The van der Waals surface area contributed by atoms with Gasteiger partial charge in [0.1, 0.15) is 0 Å². The van der Waals surface area contributed by atoms with Crippen LogP contribution in [-0.4, -0.2) is 12.6 Å². The Morgan fingerprint density at radius 1 is 1.21 bits per heavy atom. The third-order valence-corrected chi connectivity index (χ3v) is 2.64. The lowest BCUT2D eigenvalue weighted by Crippen LogP contribution is -2.12. The van der Waals surface area contributed by atoms with Crippen LogP contribution in [0.4, 0.5) is 0 Å². The van der Waals surface area contributed by atoms with Gasteiger partial charge in [0.25, 0.3) is 0 Å². The normalized spacial score (nSPS) is 11.8. The second-order valence-electron chi connectivity index (χ2n) is 3.89. The molecule has 2 rings (SSSR count). The Labute approximate surface area is 111 Å². The summed E-state index contributed by atoms with van der Waals surface area (Å²) < 4.78 is 10.1. The van der Waals surface area contributed by atoms with Crippen LogP contribution in [0, 0.1) is 0 Å². The van der Waals surface area contributed by atoms with Crippen molar-refractivity contribution in [2.45, 2.75) is 6.92 Å². The maximum absolute atomic E-state index is 12.1. The number of benzene rings is 1. The van der Waals surface area contributed by atoms with E-state index >= 15 is 0 Å². The van der Waals surface area contributed by atoms with Gasteiger partial charge in [0, 0.05) is 5.56 Å². The molecule has 0 spiro atoms. The average Bonchev–Trinajstić information content (AvgIpc) is 2.94. The third-order valence-electron chi connectivity index (χ3n) is 2.64. The van der Waals surface area contributed by atoms with Gasteiger partial charge in [0.15, 0.2) is 0 Å². The quantitative estimate of drug-likeness (QED) is 0.675. The van der Waals surface area contributed by atoms with E-state index in [9.17, 15) is 4.79 Å². The van der Waals surface area contributed by atoms with Gasteiger partial charge in [-0.2, -0.15) is 0 Å². The van der Waals surface area contributed by atoms with E-state index in [1.807, 2.05) is 30.3 Å². The van der Waals surface area contributed by atoms with Crippen LogP contribution in [0.25, 0.3) is 11.3 Å². The van der Waals surface area contributed by atoms with Gasteiger partial charge in [0.05, 0.1) is 30.4 Å². The number of hydrogen-bond donors (Lipinski definition) is 1. The standard InChI is InChI=1S/C15H15NO3/c1-2-19-15(17)13(11-6-4-3-5-7-11)14(16)12-8-9-18-10-12/h3-10H,2,16H2,1H3/b14-13-. The van der Waals surface area contributed by atoms with Gasteiger partial charge in [0.2, 0.25) is 0 Å². The number of nitrogens with two attached hydrogens (primary N) is 1. The molecular formula is C15H15NO3. The maximum atomic E-state index is 12.1. The highest BCUT2D eigenvalue weighted by Crippen LogP contribution is 2.24. The van der Waals surface area contributed by atoms with Crippen molar-refractivity contribution in [1.29, 1.82) is 0 Å². The van der Waals surface area contributed by atoms with Crippen molar-refractivity contribution in [2.24, 2.45) is 5.73 Å². The molecule has 1 aromatic heterocycles. The summed E-state index contributed by atoms with van der Waals surface area (Å²) >= 11 is 0. The summed E-state index contributed by atoms with van der Waals surface area (Å²) in [6.07, 6.45) is 3.01. The van der Waals surface area contributed by atoms with E-state index in [4.69, 9.17) is 14.9 Å². The molecular weight excluding hydrogens is 242 g/mol. The zero-order valence-corrected chi connectivity index (χ0v) is 10.6. The predicted octanol–water partition coefficient (Wildman–Crippen LogP) is 2.67. The molecule has 0 saturated heterocycles. The van der Waals surface area contributed by atoms with Crippen LogP contribution in [0.1, 0.15) is 18.1 Å². The van der Waals surface area contributed by atoms with Gasteiger partial charge >= 0.3 is 5.97 Å². The van der Waals surface area contributed by atoms with E-state index in [2.05, 4.69) is 0 Å². The van der Waals surface area contributed by atoms with Crippen molar-refractivity contribution in [1.82, 2.24) is 0 Å². The molecule has 0 atom stereocenters. The molecule has 1 aromatic carbocycles. The second-order valence-corrected chi connectivity index (χ2v) is 3.89. The first kappa shape index (κ1) is 13.0. The number of rotatable bonds is 4. The van der Waals surface area contributed by atoms with Crippen molar-refractivity contribution in [3.63, 3.8) is 0 Å². The summed E-state index contributed by atoms with van der Waals surface area (Å²) in [6, 6.07) is 10.9. The third kappa shape index (κ3) is 2.85. The van der Waals surface area contributed by atoms with Gasteiger partial charge in [-0.15, -0.1) is 0 Å². The molecule has 0 amide bonds. The molecule has 0 aliphatic heterocycles. The lowest BCUT2D eigenvalue weighted by atomic mass is 10.0. The summed E-state index contributed by atoms with van der Waals surface area (Å²) in [7, 11) is 0. The minimum absolute atomic E-state index is 0.299. The van der Waals surface area contributed by atoms with E-state index in [1.54, 1.807) is 13.0 Å². The Bertz CT molecular complexity index is 571. The van der Waals surface area contributed by atoms with E-state index in [0.717, 1.165) is 5.56 Å². The van der Waals surface area contributed by atoms with Gasteiger partial charge in [-0.1, -0.05) is 30.3 Å². The minimum atomic E-state index is -0.438. The van der Waals surface area contributed by atoms with Crippen LogP contribution >= 0.6 is 0 Å². The van der Waals surface area contributed by atoms with Crippen LogP contribution < -0.4 is 5.73 Å². The number of ether oxygens (including phenoxy) is 1. The van der Waals surface area contributed by atoms with Crippen LogP contribution in [0.15, 0.2) is 53.3 Å². The lowest BCUT2D eigenvalue weighted by molar-refractivity contribution is -0.136. The fourth-order valence-corrected chi connectivity index (χ4v) is 1.75. The number of furan rings is 1. The van der Waals surface area contributed by atoms with Crippen LogP contribution in [0.2, 0.25) is 0 Å². The summed E-state index contributed by atoms with van der Waals surface area (Å²) in [4.78, 5) is 12.1. The SMILES string of the molecule is CCOC(=O)/C(=C(\N)c1ccoc1)c1ccccc1. The van der Waals surface area contributed by atoms with Crippen LogP contribution in [-0.2, 0) is 9.53 Å². The number of carbonyl (C=O) groups is 1. The summed E-state index contributed by atoms with van der Waals surface area (Å²) in [5, 5.41) is 0. The minimum Gasteiger partial charge on any atom is -0.472 e. The van der Waals surface area contributed by atoms with Gasteiger partial charge < -0.3 is 14.9 Å². The molecule has 1 heterocycles. The molecule has 4 nitrogen and oxygen atoms in total. The van der Waals surface area contributed by atoms with Crippen molar-refractivity contribution < 1.29 is 13.9 Å². The average molecular weight is 257 g/mol. The fraction of sp³-hybridized carbons (Fsp3) is 0.133. The largest absolute Gasteiger partial charge is 0.472 e. The van der Waals surface area contributed by atoms with Crippen molar-refractivity contribution in [3.8, 4) is 0 Å². The molecule has 0 aliphatic carbocycles. The van der Waals surface area contributed by atoms with Crippen molar-refractivity contribution in [3.05, 3.63) is 60.1 Å². The molecule has 2 aromatic rings. The predicted molar refractivity (Wildman–Crippen MR) is 72.8 cm³/mol. The Balaban J connectivity index is 2.52. The Morgan fingerprint density at radius 3 is 2.53 bits per heavy atom. The Kier molecular flexibility index (Phi) is 4.03. The molecule has 0 aliphatic rings. The van der Waals surface area contributed by atoms with Crippen molar-refractivity contribution >= 4 is 17.2 Å². The van der Waals surface area contributed by atoms with E-state index < -0.39 is 5.97 Å². The number of carbonyl (C=O) groups excluding carboxylic acids is 1. The Hall–Kier alpha value is -2.49. The summed E-state index contributed by atoms with van der Waals surface area (Å²) in [6.45, 7) is 2.06. The first-order chi connectivity index (χ1) is 9.24. The second kappa shape index (κ2) is 5.91. The highest BCUT2D eigenvalue weighted by molar-refractivity contribution is 6.24. The maximum Gasteiger partial charge on any atom is 0.340 e. The first-order valence-corrected chi connectivity index (χ1v) is 5.99. The Morgan fingerprint density at radius 2 is 1.95 bits per heavy atom. The molecule has 0 radical (unpaired) electrons. The van der Waals surface area contributed by atoms with Crippen LogP contribution in [0.5, 0.6) is 0 Å². The van der Waals surface area contributed by atoms with Gasteiger partial charge in [-0.05, 0) is 18.6 Å². The molecule has 0 saturated carbocycles. The number of esters is 1. The molecule has 0 unspecified atom stereocenters. The highest BCUT2D eigenvalue weighted by atomic mass is 16.5. The zero-order valence-electron chi connectivity index (χ0n) is 10.6. The smallest absolute Gasteiger partial charge is 0.340 e. The molecule has 0 fully saturated rings. The molecule has 0 bridgehead atoms. The molecule has 19 heavy (non-hydrogen) atoms. The highest BCUT2D eigenvalue weighted by Gasteiger charge is 2.18. The first-order valence-electron chi connectivity index (χ1n) is 5.99.